The SMILES string of the molecule is COc1cc2ccc(Br)c(O)c2c(OC)c1OC. The number of benzene rings is 2. The van der Waals surface area contributed by atoms with Gasteiger partial charge in [-0.2, -0.15) is 0 Å². The molecule has 1 N–H and O–H groups in total. The molecular weight excluding hydrogens is 300 g/mol. The third-order valence-corrected chi connectivity index (χ3v) is 3.37. The predicted molar refractivity (Wildman–Crippen MR) is 73.0 cm³/mol. The maximum atomic E-state index is 10.1. The quantitative estimate of drug-likeness (QED) is 0.944. The molecule has 0 aliphatic rings. The van der Waals surface area contributed by atoms with Crippen LogP contribution in [0.15, 0.2) is 22.7 Å². The molecule has 4 nitrogen and oxygen atoms in total. The van der Waals surface area contributed by atoms with Crippen LogP contribution in [0.25, 0.3) is 10.8 Å². The number of hydrogen-bond donors (Lipinski definition) is 1. The Labute approximate surface area is 113 Å². The predicted octanol–water partition coefficient (Wildman–Crippen LogP) is 3.33. The molecule has 18 heavy (non-hydrogen) atoms. The molecule has 2 aromatic rings. The van der Waals surface area contributed by atoms with Crippen LogP contribution in [0, 0.1) is 0 Å². The van der Waals surface area contributed by atoms with Crippen LogP contribution in [0.3, 0.4) is 0 Å². The fraction of sp³-hybridized carbons (Fsp3) is 0.231. The lowest BCUT2D eigenvalue weighted by Gasteiger charge is -2.15. The van der Waals surface area contributed by atoms with E-state index < -0.39 is 0 Å². The summed E-state index contributed by atoms with van der Waals surface area (Å²) in [4.78, 5) is 0. The standard InChI is InChI=1S/C13H13BrO4/c1-16-9-6-7-4-5-8(14)11(15)10(7)13(18-3)12(9)17-2/h4-6,15H,1-3H3. The van der Waals surface area contributed by atoms with Crippen LogP contribution >= 0.6 is 15.9 Å². The van der Waals surface area contributed by atoms with Gasteiger partial charge in [0, 0.05) is 0 Å². The van der Waals surface area contributed by atoms with Gasteiger partial charge in [0.1, 0.15) is 5.75 Å². The van der Waals surface area contributed by atoms with Crippen LogP contribution < -0.4 is 14.2 Å². The Morgan fingerprint density at radius 3 is 2.22 bits per heavy atom. The van der Waals surface area contributed by atoms with Crippen molar-refractivity contribution >= 4 is 26.7 Å². The summed E-state index contributed by atoms with van der Waals surface area (Å²) >= 11 is 3.28. The summed E-state index contributed by atoms with van der Waals surface area (Å²) in [5.74, 6) is 1.58. The summed E-state index contributed by atoms with van der Waals surface area (Å²) in [6.45, 7) is 0. The van der Waals surface area contributed by atoms with Gasteiger partial charge in [0.25, 0.3) is 0 Å². The maximum absolute atomic E-state index is 10.1. The van der Waals surface area contributed by atoms with E-state index in [0.717, 1.165) is 5.39 Å². The minimum absolute atomic E-state index is 0.116. The van der Waals surface area contributed by atoms with Gasteiger partial charge in [-0.3, -0.25) is 0 Å². The van der Waals surface area contributed by atoms with Crippen LogP contribution in [0.2, 0.25) is 0 Å². The summed E-state index contributed by atoms with van der Waals surface area (Å²) in [5.41, 5.74) is 0. The van der Waals surface area contributed by atoms with Crippen molar-refractivity contribution in [1.82, 2.24) is 0 Å². The monoisotopic (exact) mass is 312 g/mol. The summed E-state index contributed by atoms with van der Waals surface area (Å²) in [7, 11) is 4.61. The zero-order chi connectivity index (χ0) is 13.3. The van der Waals surface area contributed by atoms with Crippen LogP contribution in [0.1, 0.15) is 0 Å². The summed E-state index contributed by atoms with van der Waals surface area (Å²) in [5, 5.41) is 11.5. The van der Waals surface area contributed by atoms with Gasteiger partial charge in [-0.15, -0.1) is 0 Å². The molecule has 0 aromatic heterocycles. The second-order valence-electron chi connectivity index (χ2n) is 3.64. The lowest BCUT2D eigenvalue weighted by Crippen LogP contribution is -1.96. The molecule has 2 rings (SSSR count). The highest BCUT2D eigenvalue weighted by atomic mass is 79.9. The molecule has 0 aliphatic heterocycles. The van der Waals surface area contributed by atoms with E-state index in [1.165, 1.54) is 14.2 Å². The average molecular weight is 313 g/mol. The van der Waals surface area contributed by atoms with Gasteiger partial charge in [-0.25, -0.2) is 0 Å². The number of phenols is 1. The van der Waals surface area contributed by atoms with Gasteiger partial charge in [-0.1, -0.05) is 6.07 Å². The number of ether oxygens (including phenoxy) is 3. The third kappa shape index (κ3) is 1.84. The number of aromatic hydroxyl groups is 1. The summed E-state index contributed by atoms with van der Waals surface area (Å²) in [6, 6.07) is 5.43. The fourth-order valence-corrected chi connectivity index (χ4v) is 2.24. The number of hydrogen-bond acceptors (Lipinski definition) is 4. The molecular formula is C13H13BrO4. The minimum atomic E-state index is 0.116. The Balaban J connectivity index is 2.93. The lowest BCUT2D eigenvalue weighted by molar-refractivity contribution is 0.326. The lowest BCUT2D eigenvalue weighted by atomic mass is 10.1. The van der Waals surface area contributed by atoms with Crippen LogP contribution in [0.4, 0.5) is 0 Å². The van der Waals surface area contributed by atoms with E-state index in [1.54, 1.807) is 19.2 Å². The van der Waals surface area contributed by atoms with E-state index >= 15 is 0 Å². The summed E-state index contributed by atoms with van der Waals surface area (Å²) in [6.07, 6.45) is 0. The van der Waals surface area contributed by atoms with E-state index in [4.69, 9.17) is 14.2 Å². The molecule has 2 aromatic carbocycles. The normalized spacial score (nSPS) is 10.4. The molecule has 96 valence electrons. The van der Waals surface area contributed by atoms with E-state index in [-0.39, 0.29) is 5.75 Å². The van der Waals surface area contributed by atoms with Crippen molar-refractivity contribution in [2.24, 2.45) is 0 Å². The van der Waals surface area contributed by atoms with Gasteiger partial charge in [0.2, 0.25) is 5.75 Å². The van der Waals surface area contributed by atoms with E-state index in [0.29, 0.717) is 27.1 Å². The molecule has 0 amide bonds. The van der Waals surface area contributed by atoms with Gasteiger partial charge >= 0.3 is 0 Å². The molecule has 0 bridgehead atoms. The molecule has 0 fully saturated rings. The molecule has 0 spiro atoms. The molecule has 0 saturated carbocycles. The van der Waals surface area contributed by atoms with Crippen molar-refractivity contribution in [2.45, 2.75) is 0 Å². The molecule has 5 heteroatoms. The van der Waals surface area contributed by atoms with Crippen molar-refractivity contribution in [3.8, 4) is 23.0 Å². The number of rotatable bonds is 3. The van der Waals surface area contributed by atoms with Gasteiger partial charge < -0.3 is 19.3 Å². The zero-order valence-corrected chi connectivity index (χ0v) is 11.9. The Kier molecular flexibility index (Phi) is 3.52. The first-order valence-corrected chi connectivity index (χ1v) is 6.03. The number of halogens is 1. The topological polar surface area (TPSA) is 47.9 Å². The average Bonchev–Trinajstić information content (AvgIpc) is 2.40. The highest BCUT2D eigenvalue weighted by molar-refractivity contribution is 9.10. The number of methoxy groups -OCH3 is 3. The maximum Gasteiger partial charge on any atom is 0.204 e. The van der Waals surface area contributed by atoms with Crippen molar-refractivity contribution in [3.05, 3.63) is 22.7 Å². The molecule has 0 heterocycles. The summed E-state index contributed by atoms with van der Waals surface area (Å²) < 4.78 is 16.5. The first-order chi connectivity index (χ1) is 8.63. The van der Waals surface area contributed by atoms with E-state index in [1.807, 2.05) is 6.07 Å². The zero-order valence-electron chi connectivity index (χ0n) is 10.3. The van der Waals surface area contributed by atoms with E-state index in [9.17, 15) is 5.11 Å². The van der Waals surface area contributed by atoms with Gasteiger partial charge in [0.15, 0.2) is 11.5 Å². The highest BCUT2D eigenvalue weighted by Crippen LogP contribution is 2.48. The second kappa shape index (κ2) is 4.94. The Hall–Kier alpha value is -1.62. The highest BCUT2D eigenvalue weighted by Gasteiger charge is 2.19. The van der Waals surface area contributed by atoms with Crippen LogP contribution in [0.5, 0.6) is 23.0 Å². The first kappa shape index (κ1) is 12.8. The first-order valence-electron chi connectivity index (χ1n) is 5.24. The smallest absolute Gasteiger partial charge is 0.204 e. The molecule has 0 unspecified atom stereocenters. The van der Waals surface area contributed by atoms with Gasteiger partial charge in [0.05, 0.1) is 31.2 Å². The van der Waals surface area contributed by atoms with Crippen molar-refractivity contribution in [3.63, 3.8) is 0 Å². The third-order valence-electron chi connectivity index (χ3n) is 2.73. The number of fused-ring (bicyclic) bond motifs is 1. The van der Waals surface area contributed by atoms with Crippen molar-refractivity contribution in [2.75, 3.05) is 21.3 Å². The van der Waals surface area contributed by atoms with Crippen LogP contribution in [-0.4, -0.2) is 26.4 Å². The Bertz CT molecular complexity index is 595. The second-order valence-corrected chi connectivity index (χ2v) is 4.49. The fourth-order valence-electron chi connectivity index (χ4n) is 1.91. The minimum Gasteiger partial charge on any atom is -0.506 e. The van der Waals surface area contributed by atoms with Crippen molar-refractivity contribution < 1.29 is 19.3 Å². The van der Waals surface area contributed by atoms with Crippen molar-refractivity contribution in [1.29, 1.82) is 0 Å². The Morgan fingerprint density at radius 2 is 1.67 bits per heavy atom. The molecule has 0 aliphatic carbocycles. The molecule has 0 radical (unpaired) electrons. The molecule has 0 saturated heterocycles. The van der Waals surface area contributed by atoms with E-state index in [2.05, 4.69) is 15.9 Å². The van der Waals surface area contributed by atoms with Gasteiger partial charge in [-0.05, 0) is 33.4 Å². The van der Waals surface area contributed by atoms with Crippen LogP contribution in [-0.2, 0) is 0 Å². The number of phenolic OH excluding ortho intramolecular Hbond substituents is 1. The molecule has 0 atom stereocenters. The Morgan fingerprint density at radius 1 is 1.00 bits per heavy atom. The largest absolute Gasteiger partial charge is 0.506 e.